The van der Waals surface area contributed by atoms with Crippen molar-refractivity contribution < 1.29 is 14.2 Å². The Bertz CT molecular complexity index is 627. The van der Waals surface area contributed by atoms with E-state index in [-0.39, 0.29) is 11.9 Å². The number of hydrogen-bond donors (Lipinski definition) is 0. The highest BCUT2D eigenvalue weighted by Crippen LogP contribution is 2.22. The van der Waals surface area contributed by atoms with Crippen LogP contribution in [0.4, 0.5) is 4.79 Å². The van der Waals surface area contributed by atoms with Gasteiger partial charge in [-0.25, -0.2) is 9.37 Å². The summed E-state index contributed by atoms with van der Waals surface area (Å²) in [6, 6.07) is -0.216. The number of aliphatic imine (C=N–C) groups is 1. The quantitative estimate of drug-likeness (QED) is 0.705. The summed E-state index contributed by atoms with van der Waals surface area (Å²) < 4.78 is 2.13. The second-order valence-electron chi connectivity index (χ2n) is 7.39. The Kier molecular flexibility index (Phi) is 5.22. The predicted octanol–water partition coefficient (Wildman–Crippen LogP) is 1.38. The van der Waals surface area contributed by atoms with E-state index in [4.69, 9.17) is 4.99 Å². The minimum absolute atomic E-state index is 0.167. The van der Waals surface area contributed by atoms with Crippen LogP contribution in [0.2, 0.25) is 0 Å². The number of urea groups is 1. The first-order valence-electron chi connectivity index (χ1n) is 9.46. The molecule has 2 fully saturated rings. The number of amidine groups is 2. The van der Waals surface area contributed by atoms with Gasteiger partial charge in [0.15, 0.2) is 0 Å². The molecular formula is C18H30N5O2+. The van der Waals surface area contributed by atoms with Gasteiger partial charge in [-0.1, -0.05) is 19.8 Å². The van der Waals surface area contributed by atoms with Crippen LogP contribution in [-0.4, -0.2) is 88.7 Å². The van der Waals surface area contributed by atoms with Crippen molar-refractivity contribution in [3.05, 3.63) is 0 Å². The van der Waals surface area contributed by atoms with E-state index in [1.165, 1.54) is 29.1 Å². The van der Waals surface area contributed by atoms with Crippen LogP contribution in [0.1, 0.15) is 46.0 Å². The number of piperidine rings is 1. The number of nitrogens with zero attached hydrogens (tertiary/aromatic N) is 5. The molecular weight excluding hydrogens is 318 g/mol. The van der Waals surface area contributed by atoms with Gasteiger partial charge in [-0.15, -0.1) is 0 Å². The lowest BCUT2D eigenvalue weighted by atomic mass is 10.0. The SMILES string of the molecule is CCCC[N+]1=C(CN2CCCCC2C)N=C2C1C(=O)N(C)C(=O)N2C. The van der Waals surface area contributed by atoms with Crippen molar-refractivity contribution in [1.29, 1.82) is 0 Å². The van der Waals surface area contributed by atoms with E-state index in [0.29, 0.717) is 11.9 Å². The molecule has 3 amide bonds. The lowest BCUT2D eigenvalue weighted by Gasteiger charge is -2.32. The van der Waals surface area contributed by atoms with Crippen LogP contribution in [0.3, 0.4) is 0 Å². The maximum absolute atomic E-state index is 12.8. The molecule has 0 radical (unpaired) electrons. The molecule has 0 N–H and O–H groups in total. The Hall–Kier alpha value is -1.76. The Morgan fingerprint density at radius 2 is 1.96 bits per heavy atom. The first-order valence-corrected chi connectivity index (χ1v) is 9.46. The van der Waals surface area contributed by atoms with E-state index < -0.39 is 6.04 Å². The van der Waals surface area contributed by atoms with Gasteiger partial charge in [0.2, 0.25) is 0 Å². The molecule has 3 heterocycles. The zero-order valence-corrected chi connectivity index (χ0v) is 15.9. The number of fused-ring (bicyclic) bond motifs is 1. The maximum atomic E-state index is 12.8. The van der Waals surface area contributed by atoms with Crippen molar-refractivity contribution in [2.45, 2.75) is 58.0 Å². The Morgan fingerprint density at radius 3 is 2.64 bits per heavy atom. The van der Waals surface area contributed by atoms with Crippen LogP contribution < -0.4 is 0 Å². The molecule has 3 rings (SSSR count). The molecule has 138 valence electrons. The van der Waals surface area contributed by atoms with Crippen molar-refractivity contribution in [2.75, 3.05) is 33.7 Å². The van der Waals surface area contributed by atoms with Crippen molar-refractivity contribution >= 4 is 23.6 Å². The average Bonchev–Trinajstić information content (AvgIpc) is 2.96. The molecule has 0 spiro atoms. The van der Waals surface area contributed by atoms with Crippen LogP contribution >= 0.6 is 0 Å². The molecule has 0 saturated carbocycles. The highest BCUT2D eigenvalue weighted by atomic mass is 16.2. The van der Waals surface area contributed by atoms with Crippen LogP contribution in [0, 0.1) is 0 Å². The Morgan fingerprint density at radius 1 is 1.20 bits per heavy atom. The average molecular weight is 348 g/mol. The number of hydrogen-bond acceptors (Lipinski definition) is 4. The Balaban J connectivity index is 1.91. The van der Waals surface area contributed by atoms with E-state index in [1.54, 1.807) is 14.1 Å². The van der Waals surface area contributed by atoms with Gasteiger partial charge in [0.1, 0.15) is 6.54 Å². The summed E-state index contributed by atoms with van der Waals surface area (Å²) in [6.45, 7) is 7.04. The van der Waals surface area contributed by atoms with Gasteiger partial charge >= 0.3 is 11.9 Å². The zero-order chi connectivity index (χ0) is 18.1. The molecule has 25 heavy (non-hydrogen) atoms. The van der Waals surface area contributed by atoms with Gasteiger partial charge in [-0.05, 0) is 37.7 Å². The molecule has 7 nitrogen and oxygen atoms in total. The van der Waals surface area contributed by atoms with Gasteiger partial charge in [0, 0.05) is 20.1 Å². The molecule has 3 aliphatic heterocycles. The fourth-order valence-electron chi connectivity index (χ4n) is 3.94. The van der Waals surface area contributed by atoms with Gasteiger partial charge in [0.05, 0.1) is 6.54 Å². The third-order valence-corrected chi connectivity index (χ3v) is 5.65. The summed E-state index contributed by atoms with van der Waals surface area (Å²) in [5.74, 6) is 1.36. The van der Waals surface area contributed by atoms with Crippen molar-refractivity contribution in [3.8, 4) is 0 Å². The second kappa shape index (κ2) is 7.23. The van der Waals surface area contributed by atoms with Crippen molar-refractivity contribution in [3.63, 3.8) is 0 Å². The number of carbonyl (C=O) groups is 2. The molecule has 0 aliphatic carbocycles. The van der Waals surface area contributed by atoms with Crippen LogP contribution in [0.5, 0.6) is 0 Å². The van der Waals surface area contributed by atoms with Gasteiger partial charge in [0.25, 0.3) is 17.8 Å². The zero-order valence-electron chi connectivity index (χ0n) is 15.9. The van der Waals surface area contributed by atoms with Crippen LogP contribution in [0.25, 0.3) is 0 Å². The smallest absolute Gasteiger partial charge is 0.289 e. The molecule has 3 aliphatic rings. The molecule has 0 bridgehead atoms. The van der Waals surface area contributed by atoms with E-state index in [0.717, 1.165) is 38.3 Å². The summed E-state index contributed by atoms with van der Waals surface area (Å²) in [4.78, 5) is 35.0. The standard InChI is InChI=1S/C18H30N5O2/c1-5-6-11-23-14(12-22-10-8-7-9-13(22)2)19-16-15(23)17(24)21(4)18(25)20(16)3/h13,15H,5-12H2,1-4H3/q+1. The number of rotatable bonds is 5. The summed E-state index contributed by atoms with van der Waals surface area (Å²) in [7, 11) is 3.27. The normalized spacial score (nSPS) is 27.9. The topological polar surface area (TPSA) is 59.2 Å². The number of unbranched alkanes of at least 4 members (excludes halogenated alkanes) is 1. The molecule has 0 aromatic heterocycles. The second-order valence-corrected chi connectivity index (χ2v) is 7.39. The minimum Gasteiger partial charge on any atom is -0.289 e. The third-order valence-electron chi connectivity index (χ3n) is 5.65. The summed E-state index contributed by atoms with van der Waals surface area (Å²) in [5.41, 5.74) is 0. The van der Waals surface area contributed by atoms with Crippen LogP contribution in [0.15, 0.2) is 4.99 Å². The van der Waals surface area contributed by atoms with Crippen LogP contribution in [-0.2, 0) is 4.79 Å². The summed E-state index contributed by atoms with van der Waals surface area (Å²) in [5, 5.41) is 0. The number of likely N-dealkylation sites (N-methyl/N-ethyl adjacent to an activating group) is 2. The van der Waals surface area contributed by atoms with Gasteiger partial charge < -0.3 is 0 Å². The van der Waals surface area contributed by atoms with Crippen molar-refractivity contribution in [1.82, 2.24) is 14.7 Å². The lowest BCUT2D eigenvalue weighted by Crippen LogP contribution is -2.61. The summed E-state index contributed by atoms with van der Waals surface area (Å²) in [6.07, 6.45) is 5.77. The molecule has 0 aromatic rings. The van der Waals surface area contributed by atoms with Gasteiger partial charge in [-0.2, -0.15) is 0 Å². The first-order chi connectivity index (χ1) is 12.0. The van der Waals surface area contributed by atoms with E-state index >= 15 is 0 Å². The third kappa shape index (κ3) is 3.21. The molecule has 2 saturated heterocycles. The number of carbonyl (C=O) groups excluding carboxylic acids is 2. The lowest BCUT2D eigenvalue weighted by molar-refractivity contribution is -0.536. The molecule has 2 unspecified atom stereocenters. The van der Waals surface area contributed by atoms with E-state index in [2.05, 4.69) is 23.3 Å². The predicted molar refractivity (Wildman–Crippen MR) is 97.1 cm³/mol. The van der Waals surface area contributed by atoms with Gasteiger partial charge in [-0.3, -0.25) is 19.5 Å². The minimum atomic E-state index is -0.450. The monoisotopic (exact) mass is 348 g/mol. The highest BCUT2D eigenvalue weighted by molar-refractivity contribution is 6.23. The molecule has 7 heteroatoms. The summed E-state index contributed by atoms with van der Waals surface area (Å²) >= 11 is 0. The molecule has 0 aromatic carbocycles. The molecule has 2 atom stereocenters. The largest absolute Gasteiger partial charge is 0.333 e. The number of imide groups is 1. The van der Waals surface area contributed by atoms with E-state index in [9.17, 15) is 9.59 Å². The first kappa shape index (κ1) is 18.0. The fourth-order valence-corrected chi connectivity index (χ4v) is 3.94. The highest BCUT2D eigenvalue weighted by Gasteiger charge is 2.52. The number of amides is 3. The van der Waals surface area contributed by atoms with Crippen molar-refractivity contribution in [2.24, 2.45) is 4.99 Å². The maximum Gasteiger partial charge on any atom is 0.333 e. The fraction of sp³-hybridized carbons (Fsp3) is 0.778. The van der Waals surface area contributed by atoms with E-state index in [1.807, 2.05) is 0 Å². The number of likely N-dealkylation sites (tertiary alicyclic amines) is 1. The Labute approximate surface area is 150 Å².